The Hall–Kier alpha value is -1.32. The van der Waals surface area contributed by atoms with Crippen LogP contribution in [-0.2, 0) is 9.53 Å². The number of hydrogen-bond donors (Lipinski definition) is 6. The van der Waals surface area contributed by atoms with E-state index in [1.54, 1.807) is 7.11 Å². The maximum atomic E-state index is 13.2. The van der Waals surface area contributed by atoms with E-state index in [0.29, 0.717) is 12.1 Å². The summed E-state index contributed by atoms with van der Waals surface area (Å²) in [4.78, 5) is 15.7. The Morgan fingerprint density at radius 1 is 1.17 bits per heavy atom. The average molecular weight is 505 g/mol. The van der Waals surface area contributed by atoms with Crippen LogP contribution in [0, 0.1) is 23.2 Å². The fourth-order valence-electron chi connectivity index (χ4n) is 6.71. The summed E-state index contributed by atoms with van der Waals surface area (Å²) in [6.45, 7) is 6.01. The SMILES string of the molecule is CCCN1C(CNC2CCCC(C(=O)N[C@H](C#N)C3CCCCC3OC)C2)NNC1C1CCNCN1. The first-order chi connectivity index (χ1) is 17.6. The molecule has 10 nitrogen and oxygen atoms in total. The molecule has 36 heavy (non-hydrogen) atoms. The summed E-state index contributed by atoms with van der Waals surface area (Å²) in [5, 5.41) is 23.7. The molecule has 4 rings (SSSR count). The molecule has 8 atom stereocenters. The molecular weight excluding hydrogens is 456 g/mol. The van der Waals surface area contributed by atoms with Crippen molar-refractivity contribution in [2.45, 2.75) is 108 Å². The van der Waals surface area contributed by atoms with Crippen LogP contribution in [0.25, 0.3) is 0 Å². The molecule has 1 amide bonds. The lowest BCUT2D eigenvalue weighted by Gasteiger charge is -2.37. The minimum Gasteiger partial charge on any atom is -0.381 e. The summed E-state index contributed by atoms with van der Waals surface area (Å²) < 4.78 is 5.65. The standard InChI is InChI=1S/C26H48N8O2/c1-3-13-34-24(32-33-25(34)21-11-12-28-17-30-21)16-29-19-8-6-7-18(14-19)26(35)31-22(15-27)20-9-4-5-10-23(20)36-2/h18-25,28-30,32-33H,3-14,16-17H2,1-2H3,(H,31,35)/t18?,19?,20?,21?,22-,23?,24?,25?/m1/s1. The van der Waals surface area contributed by atoms with Crippen molar-refractivity contribution in [1.29, 1.82) is 5.26 Å². The Balaban J connectivity index is 1.27. The van der Waals surface area contributed by atoms with Gasteiger partial charge in [-0.3, -0.25) is 15.0 Å². The van der Waals surface area contributed by atoms with Gasteiger partial charge in [-0.1, -0.05) is 26.2 Å². The van der Waals surface area contributed by atoms with E-state index in [2.05, 4.69) is 50.0 Å². The number of rotatable bonds is 10. The Labute approximate surface area is 217 Å². The largest absolute Gasteiger partial charge is 0.381 e. The smallest absolute Gasteiger partial charge is 0.224 e. The third-order valence-electron chi connectivity index (χ3n) is 8.71. The van der Waals surface area contributed by atoms with Crippen LogP contribution in [0.3, 0.4) is 0 Å². The molecule has 2 saturated carbocycles. The summed E-state index contributed by atoms with van der Waals surface area (Å²) in [5.74, 6) is 0.0895. The number of carbonyl (C=O) groups excluding carboxylic acids is 1. The molecule has 10 heteroatoms. The fraction of sp³-hybridized carbons (Fsp3) is 0.923. The van der Waals surface area contributed by atoms with Crippen LogP contribution in [0.2, 0.25) is 0 Å². The lowest BCUT2D eigenvalue weighted by atomic mass is 9.80. The summed E-state index contributed by atoms with van der Waals surface area (Å²) >= 11 is 0. The maximum Gasteiger partial charge on any atom is 0.224 e. The number of nitrogens with one attached hydrogen (secondary N) is 6. The highest BCUT2D eigenvalue weighted by Crippen LogP contribution is 2.30. The molecule has 2 saturated heterocycles. The van der Waals surface area contributed by atoms with Crippen molar-refractivity contribution in [2.75, 3.05) is 33.4 Å². The molecule has 0 radical (unpaired) electrons. The molecule has 7 unspecified atom stereocenters. The van der Waals surface area contributed by atoms with Gasteiger partial charge in [-0.15, -0.1) is 0 Å². The fourth-order valence-corrected chi connectivity index (χ4v) is 6.71. The van der Waals surface area contributed by atoms with Crippen LogP contribution in [0.15, 0.2) is 0 Å². The van der Waals surface area contributed by atoms with E-state index in [1.807, 2.05) is 0 Å². The number of hydrogen-bond acceptors (Lipinski definition) is 9. The van der Waals surface area contributed by atoms with Gasteiger partial charge in [0, 0.05) is 50.8 Å². The zero-order valence-electron chi connectivity index (χ0n) is 22.2. The van der Waals surface area contributed by atoms with E-state index >= 15 is 0 Å². The number of hydrazine groups is 1. The van der Waals surface area contributed by atoms with E-state index in [1.165, 1.54) is 0 Å². The van der Waals surface area contributed by atoms with E-state index in [4.69, 9.17) is 4.74 Å². The van der Waals surface area contributed by atoms with Crippen molar-refractivity contribution in [3.05, 3.63) is 0 Å². The van der Waals surface area contributed by atoms with E-state index < -0.39 is 6.04 Å². The van der Waals surface area contributed by atoms with E-state index in [0.717, 1.165) is 90.5 Å². The van der Waals surface area contributed by atoms with Gasteiger partial charge in [0.2, 0.25) is 5.91 Å². The number of nitriles is 1. The van der Waals surface area contributed by atoms with Gasteiger partial charge in [-0.25, -0.2) is 10.9 Å². The lowest BCUT2D eigenvalue weighted by Crippen LogP contribution is -2.59. The molecule has 0 bridgehead atoms. The van der Waals surface area contributed by atoms with Crippen molar-refractivity contribution in [1.82, 2.24) is 37.0 Å². The highest BCUT2D eigenvalue weighted by molar-refractivity contribution is 5.79. The second-order valence-electron chi connectivity index (χ2n) is 11.1. The first-order valence-electron chi connectivity index (χ1n) is 14.3. The van der Waals surface area contributed by atoms with Gasteiger partial charge in [-0.05, 0) is 51.5 Å². The van der Waals surface area contributed by atoms with Crippen molar-refractivity contribution in [3.63, 3.8) is 0 Å². The van der Waals surface area contributed by atoms with Crippen LogP contribution >= 0.6 is 0 Å². The normalized spacial score (nSPS) is 36.8. The molecule has 6 N–H and O–H groups in total. The first-order valence-corrected chi connectivity index (χ1v) is 14.3. The van der Waals surface area contributed by atoms with Gasteiger partial charge >= 0.3 is 0 Å². The van der Waals surface area contributed by atoms with Gasteiger partial charge in [0.25, 0.3) is 0 Å². The van der Waals surface area contributed by atoms with E-state index in [-0.39, 0.29) is 36.2 Å². The minimum atomic E-state index is -0.465. The first kappa shape index (κ1) is 27.7. The summed E-state index contributed by atoms with van der Waals surface area (Å²) in [7, 11) is 1.72. The molecule has 2 heterocycles. The summed E-state index contributed by atoms with van der Waals surface area (Å²) in [6, 6.07) is 2.65. The second-order valence-corrected chi connectivity index (χ2v) is 11.1. The molecule has 0 spiro atoms. The van der Waals surface area contributed by atoms with Gasteiger partial charge in [-0.2, -0.15) is 5.26 Å². The van der Waals surface area contributed by atoms with Crippen LogP contribution in [-0.4, -0.2) is 80.8 Å². The molecule has 2 aliphatic heterocycles. The average Bonchev–Trinajstić information content (AvgIpc) is 3.33. The number of ether oxygens (including phenoxy) is 1. The van der Waals surface area contributed by atoms with Crippen molar-refractivity contribution < 1.29 is 9.53 Å². The van der Waals surface area contributed by atoms with Crippen molar-refractivity contribution in [3.8, 4) is 6.07 Å². The van der Waals surface area contributed by atoms with Gasteiger partial charge in [0.05, 0.1) is 24.5 Å². The predicted molar refractivity (Wildman–Crippen MR) is 139 cm³/mol. The molecule has 0 aromatic rings. The molecular formula is C26H48N8O2. The monoisotopic (exact) mass is 504 g/mol. The Morgan fingerprint density at radius 3 is 2.78 bits per heavy atom. The summed E-state index contributed by atoms with van der Waals surface area (Å²) in [6.07, 6.45) is 10.8. The second kappa shape index (κ2) is 14.0. The molecule has 4 fully saturated rings. The molecule has 2 aliphatic carbocycles. The number of nitrogens with zero attached hydrogens (tertiary/aromatic N) is 2. The third kappa shape index (κ3) is 6.95. The molecule has 0 aromatic carbocycles. The Morgan fingerprint density at radius 2 is 2.03 bits per heavy atom. The third-order valence-corrected chi connectivity index (χ3v) is 8.71. The summed E-state index contributed by atoms with van der Waals surface area (Å²) in [5.41, 5.74) is 7.05. The number of amides is 1. The van der Waals surface area contributed by atoms with Crippen LogP contribution < -0.4 is 32.1 Å². The maximum absolute atomic E-state index is 13.2. The highest BCUT2D eigenvalue weighted by atomic mass is 16.5. The topological polar surface area (TPSA) is 126 Å². The number of methoxy groups -OCH3 is 1. The molecule has 0 aromatic heterocycles. The zero-order valence-corrected chi connectivity index (χ0v) is 22.2. The van der Waals surface area contributed by atoms with Gasteiger partial charge in [0.1, 0.15) is 6.04 Å². The predicted octanol–water partition coefficient (Wildman–Crippen LogP) is 0.729. The zero-order chi connectivity index (χ0) is 25.3. The molecule has 204 valence electrons. The lowest BCUT2D eigenvalue weighted by molar-refractivity contribution is -0.127. The van der Waals surface area contributed by atoms with Crippen LogP contribution in [0.5, 0.6) is 0 Å². The van der Waals surface area contributed by atoms with Gasteiger partial charge in [0.15, 0.2) is 0 Å². The minimum absolute atomic E-state index is 0.0372. The van der Waals surface area contributed by atoms with Crippen molar-refractivity contribution in [2.24, 2.45) is 11.8 Å². The van der Waals surface area contributed by atoms with E-state index in [9.17, 15) is 10.1 Å². The Kier molecular flexibility index (Phi) is 10.8. The quantitative estimate of drug-likeness (QED) is 0.255. The number of carbonyl (C=O) groups is 1. The van der Waals surface area contributed by atoms with Crippen LogP contribution in [0.4, 0.5) is 0 Å². The highest BCUT2D eigenvalue weighted by Gasteiger charge is 2.39. The van der Waals surface area contributed by atoms with Crippen molar-refractivity contribution >= 4 is 5.91 Å². The van der Waals surface area contributed by atoms with Gasteiger partial charge < -0.3 is 20.7 Å². The Bertz CT molecular complexity index is 727. The molecule has 4 aliphatic rings. The van der Waals surface area contributed by atoms with Crippen LogP contribution in [0.1, 0.15) is 71.1 Å².